The molecule has 2 heterocycles. The second kappa shape index (κ2) is 8.65. The van der Waals surface area contributed by atoms with Crippen molar-refractivity contribution in [1.82, 2.24) is 20.1 Å². The van der Waals surface area contributed by atoms with E-state index in [-0.39, 0.29) is 11.2 Å². The van der Waals surface area contributed by atoms with Crippen LogP contribution in [0.3, 0.4) is 0 Å². The Bertz CT molecular complexity index is 904. The second-order valence-corrected chi connectivity index (χ2v) is 8.38. The Morgan fingerprint density at radius 2 is 2.07 bits per heavy atom. The van der Waals surface area contributed by atoms with Crippen LogP contribution in [-0.4, -0.2) is 32.5 Å². The number of amides is 1. The number of benzene rings is 1. The number of nitrogens with one attached hydrogen (secondary N) is 1. The lowest BCUT2D eigenvalue weighted by Crippen LogP contribution is -2.32. The van der Waals surface area contributed by atoms with Crippen LogP contribution in [0.1, 0.15) is 42.8 Å². The van der Waals surface area contributed by atoms with Gasteiger partial charge in [0.15, 0.2) is 5.16 Å². The lowest BCUT2D eigenvalue weighted by Gasteiger charge is -2.13. The Morgan fingerprint density at radius 3 is 2.79 bits per heavy atom. The average molecular weight is 397 g/mol. The molecule has 1 N–H and O–H groups in total. The fraction of sp³-hybridized carbons (Fsp3) is 0.381. The normalized spacial score (nSPS) is 14.8. The quantitative estimate of drug-likeness (QED) is 0.559. The number of hydrogen-bond donors (Lipinski definition) is 1. The summed E-state index contributed by atoms with van der Waals surface area (Å²) in [6, 6.07) is 14.0. The standard InChI is InChI=1S/C21H24N4O2S/c1-15(20(26)22-12-11-16-6-3-2-4-7-16)28-21-24-23-19(17-9-10-17)25(21)14-18-8-5-13-27-18/h2-8,13,15,17H,9-12,14H2,1H3,(H,22,26). The van der Waals surface area contributed by atoms with Gasteiger partial charge in [0.2, 0.25) is 5.91 Å². The van der Waals surface area contributed by atoms with Crippen molar-refractivity contribution in [1.29, 1.82) is 0 Å². The minimum atomic E-state index is -0.248. The Balaban J connectivity index is 1.36. The van der Waals surface area contributed by atoms with Gasteiger partial charge >= 0.3 is 0 Å². The van der Waals surface area contributed by atoms with Crippen molar-refractivity contribution in [2.45, 2.75) is 49.1 Å². The van der Waals surface area contributed by atoms with Gasteiger partial charge in [-0.25, -0.2) is 0 Å². The molecule has 0 saturated heterocycles. The molecular weight excluding hydrogens is 372 g/mol. The highest BCUT2D eigenvalue weighted by molar-refractivity contribution is 8.00. The first-order valence-corrected chi connectivity index (χ1v) is 10.5. The first-order chi connectivity index (χ1) is 13.7. The number of nitrogens with zero attached hydrogens (tertiary/aromatic N) is 3. The van der Waals surface area contributed by atoms with E-state index in [1.807, 2.05) is 37.3 Å². The molecule has 146 valence electrons. The molecule has 6 nitrogen and oxygen atoms in total. The van der Waals surface area contributed by atoms with Crippen LogP contribution in [0.2, 0.25) is 0 Å². The predicted octanol–water partition coefficient (Wildman–Crippen LogP) is 3.64. The molecule has 1 saturated carbocycles. The van der Waals surface area contributed by atoms with E-state index in [0.717, 1.165) is 36.0 Å². The minimum Gasteiger partial charge on any atom is -0.467 e. The van der Waals surface area contributed by atoms with E-state index in [2.05, 4.69) is 32.2 Å². The van der Waals surface area contributed by atoms with Gasteiger partial charge < -0.3 is 9.73 Å². The van der Waals surface area contributed by atoms with E-state index in [1.165, 1.54) is 17.3 Å². The highest BCUT2D eigenvalue weighted by Crippen LogP contribution is 2.40. The molecule has 0 aliphatic heterocycles. The molecule has 1 aromatic carbocycles. The third-order valence-corrected chi connectivity index (χ3v) is 5.87. The number of aromatic nitrogens is 3. The number of carbonyl (C=O) groups is 1. The number of furan rings is 1. The Morgan fingerprint density at radius 1 is 1.25 bits per heavy atom. The third kappa shape index (κ3) is 4.65. The molecule has 1 aliphatic rings. The number of rotatable bonds is 9. The number of hydrogen-bond acceptors (Lipinski definition) is 5. The predicted molar refractivity (Wildman–Crippen MR) is 108 cm³/mol. The summed E-state index contributed by atoms with van der Waals surface area (Å²) in [5.41, 5.74) is 1.22. The van der Waals surface area contributed by atoms with Crippen LogP contribution >= 0.6 is 11.8 Å². The van der Waals surface area contributed by atoms with Crippen LogP contribution in [-0.2, 0) is 17.8 Å². The first-order valence-electron chi connectivity index (χ1n) is 9.64. The van der Waals surface area contributed by atoms with Crippen molar-refractivity contribution >= 4 is 17.7 Å². The monoisotopic (exact) mass is 396 g/mol. The highest BCUT2D eigenvalue weighted by Gasteiger charge is 2.31. The maximum atomic E-state index is 12.5. The SMILES string of the molecule is CC(Sc1nnc(C2CC2)n1Cc1ccco1)C(=O)NCCc1ccccc1. The summed E-state index contributed by atoms with van der Waals surface area (Å²) < 4.78 is 7.59. The van der Waals surface area contributed by atoms with Crippen LogP contribution in [0.5, 0.6) is 0 Å². The van der Waals surface area contributed by atoms with Crippen molar-refractivity contribution in [3.63, 3.8) is 0 Å². The summed E-state index contributed by atoms with van der Waals surface area (Å²) in [5, 5.41) is 12.3. The van der Waals surface area contributed by atoms with Gasteiger partial charge in [-0.3, -0.25) is 9.36 Å². The number of carbonyl (C=O) groups excluding carboxylic acids is 1. The van der Waals surface area contributed by atoms with Crippen molar-refractivity contribution in [3.8, 4) is 0 Å². The molecule has 7 heteroatoms. The molecule has 28 heavy (non-hydrogen) atoms. The van der Waals surface area contributed by atoms with Crippen LogP contribution in [0.4, 0.5) is 0 Å². The van der Waals surface area contributed by atoms with E-state index in [1.54, 1.807) is 6.26 Å². The van der Waals surface area contributed by atoms with Gasteiger partial charge in [-0.05, 0) is 43.9 Å². The largest absolute Gasteiger partial charge is 0.467 e. The summed E-state index contributed by atoms with van der Waals surface area (Å²) in [7, 11) is 0. The topological polar surface area (TPSA) is 73.0 Å². The zero-order valence-corrected chi connectivity index (χ0v) is 16.7. The van der Waals surface area contributed by atoms with Gasteiger partial charge in [0.05, 0.1) is 18.1 Å². The minimum absolute atomic E-state index is 0.0152. The fourth-order valence-corrected chi connectivity index (χ4v) is 3.95. The average Bonchev–Trinajstić information content (AvgIpc) is 3.28. The van der Waals surface area contributed by atoms with Crippen molar-refractivity contribution in [2.75, 3.05) is 6.54 Å². The maximum absolute atomic E-state index is 12.5. The van der Waals surface area contributed by atoms with E-state index in [4.69, 9.17) is 4.42 Å². The van der Waals surface area contributed by atoms with E-state index in [9.17, 15) is 4.79 Å². The van der Waals surface area contributed by atoms with E-state index >= 15 is 0 Å². The summed E-state index contributed by atoms with van der Waals surface area (Å²) in [5.74, 6) is 2.35. The van der Waals surface area contributed by atoms with Crippen LogP contribution < -0.4 is 5.32 Å². The van der Waals surface area contributed by atoms with Crippen molar-refractivity contribution in [3.05, 3.63) is 65.9 Å². The zero-order chi connectivity index (χ0) is 19.3. The fourth-order valence-electron chi connectivity index (χ4n) is 3.07. The molecule has 2 aromatic heterocycles. The van der Waals surface area contributed by atoms with Gasteiger partial charge in [0.25, 0.3) is 0 Å². The molecule has 4 rings (SSSR count). The number of thioether (sulfide) groups is 1. The third-order valence-electron chi connectivity index (χ3n) is 4.79. The maximum Gasteiger partial charge on any atom is 0.233 e. The molecule has 1 unspecified atom stereocenters. The summed E-state index contributed by atoms with van der Waals surface area (Å²) in [6.45, 7) is 3.13. The lowest BCUT2D eigenvalue weighted by atomic mass is 10.1. The highest BCUT2D eigenvalue weighted by atomic mass is 32.2. The first kappa shape index (κ1) is 18.8. The smallest absolute Gasteiger partial charge is 0.233 e. The Kier molecular flexibility index (Phi) is 5.81. The van der Waals surface area contributed by atoms with Gasteiger partial charge in [-0.15, -0.1) is 10.2 Å². The van der Waals surface area contributed by atoms with E-state index in [0.29, 0.717) is 19.0 Å². The van der Waals surface area contributed by atoms with Gasteiger partial charge in [0, 0.05) is 12.5 Å². The summed E-state index contributed by atoms with van der Waals surface area (Å²) in [4.78, 5) is 12.5. The van der Waals surface area contributed by atoms with Crippen LogP contribution in [0, 0.1) is 0 Å². The molecule has 3 aromatic rings. The van der Waals surface area contributed by atoms with Gasteiger partial charge in [0.1, 0.15) is 11.6 Å². The molecule has 0 spiro atoms. The van der Waals surface area contributed by atoms with Gasteiger partial charge in [-0.2, -0.15) is 0 Å². The zero-order valence-electron chi connectivity index (χ0n) is 15.9. The molecule has 0 radical (unpaired) electrons. The Labute approximate surface area is 168 Å². The molecular formula is C21H24N4O2S. The van der Waals surface area contributed by atoms with Crippen LogP contribution in [0.25, 0.3) is 0 Å². The second-order valence-electron chi connectivity index (χ2n) is 7.07. The molecule has 1 aliphatic carbocycles. The van der Waals surface area contributed by atoms with Crippen LogP contribution in [0.15, 0.2) is 58.3 Å². The molecule has 1 atom stereocenters. The van der Waals surface area contributed by atoms with Crippen molar-refractivity contribution in [2.24, 2.45) is 0 Å². The summed E-state index contributed by atoms with van der Waals surface area (Å²) in [6.07, 6.45) is 4.80. The van der Waals surface area contributed by atoms with Crippen molar-refractivity contribution < 1.29 is 9.21 Å². The molecule has 1 amide bonds. The van der Waals surface area contributed by atoms with E-state index < -0.39 is 0 Å². The van der Waals surface area contributed by atoms with Gasteiger partial charge in [-0.1, -0.05) is 42.1 Å². The molecule has 1 fully saturated rings. The molecule has 0 bridgehead atoms. The lowest BCUT2D eigenvalue weighted by molar-refractivity contribution is -0.120. The Hall–Kier alpha value is -2.54. The summed E-state index contributed by atoms with van der Waals surface area (Å²) >= 11 is 1.45.